The first-order valence-corrected chi connectivity index (χ1v) is 4.34. The first-order valence-electron chi connectivity index (χ1n) is 4.34. The average Bonchev–Trinajstić information content (AvgIpc) is 2.46. The van der Waals surface area contributed by atoms with Gasteiger partial charge in [0.1, 0.15) is 12.1 Å². The van der Waals surface area contributed by atoms with Crippen molar-refractivity contribution in [2.24, 2.45) is 4.99 Å². The highest BCUT2D eigenvalue weighted by Crippen LogP contribution is 2.19. The molecule has 3 nitrogen and oxygen atoms in total. The first kappa shape index (κ1) is 7.10. The zero-order valence-electron chi connectivity index (χ0n) is 6.84. The monoisotopic (exact) mass is 154 g/mol. The molecule has 3 heteroatoms. The molecule has 1 N–H and O–H groups in total. The largest absolute Gasteiger partial charge is 0.475 e. The Morgan fingerprint density at radius 2 is 2.64 bits per heavy atom. The Kier molecular flexibility index (Phi) is 1.82. The summed E-state index contributed by atoms with van der Waals surface area (Å²) in [7, 11) is 0. The molecule has 0 aromatic heterocycles. The number of ether oxygens (including phenoxy) is 1. The highest BCUT2D eigenvalue weighted by atomic mass is 16.5. The summed E-state index contributed by atoms with van der Waals surface area (Å²) < 4.78 is 5.62. The zero-order chi connectivity index (χ0) is 7.68. The van der Waals surface area contributed by atoms with Gasteiger partial charge in [0, 0.05) is 13.0 Å². The Labute approximate surface area is 66.8 Å². The lowest BCUT2D eigenvalue weighted by molar-refractivity contribution is 0.157. The van der Waals surface area contributed by atoms with Crippen LogP contribution in [0, 0.1) is 0 Å². The van der Waals surface area contributed by atoms with Gasteiger partial charge >= 0.3 is 0 Å². The molecule has 1 fully saturated rings. The van der Waals surface area contributed by atoms with Gasteiger partial charge < -0.3 is 10.1 Å². The SMILES string of the molecule is CCC1=NC2CNCCC2O1. The average molecular weight is 154 g/mol. The maximum absolute atomic E-state index is 5.62. The molecule has 0 bridgehead atoms. The van der Waals surface area contributed by atoms with Crippen LogP contribution < -0.4 is 5.32 Å². The van der Waals surface area contributed by atoms with E-state index in [1.165, 1.54) is 0 Å². The van der Waals surface area contributed by atoms with E-state index in [1.54, 1.807) is 0 Å². The van der Waals surface area contributed by atoms with Crippen molar-refractivity contribution >= 4 is 5.90 Å². The quantitative estimate of drug-likeness (QED) is 0.598. The van der Waals surface area contributed by atoms with Gasteiger partial charge in [0.25, 0.3) is 0 Å². The Bertz CT molecular complexity index is 179. The molecule has 0 saturated carbocycles. The number of rotatable bonds is 1. The fraction of sp³-hybridized carbons (Fsp3) is 0.875. The van der Waals surface area contributed by atoms with Crippen LogP contribution in [0.15, 0.2) is 4.99 Å². The van der Waals surface area contributed by atoms with Crippen LogP contribution in [0.5, 0.6) is 0 Å². The molecule has 0 aromatic rings. The van der Waals surface area contributed by atoms with E-state index < -0.39 is 0 Å². The van der Waals surface area contributed by atoms with Crippen LogP contribution in [0.1, 0.15) is 19.8 Å². The third kappa shape index (κ3) is 1.25. The summed E-state index contributed by atoms with van der Waals surface area (Å²) in [6.45, 7) is 4.16. The van der Waals surface area contributed by atoms with Crippen molar-refractivity contribution < 1.29 is 4.74 Å². The summed E-state index contributed by atoms with van der Waals surface area (Å²) in [6.07, 6.45) is 2.43. The zero-order valence-corrected chi connectivity index (χ0v) is 6.84. The van der Waals surface area contributed by atoms with Crippen molar-refractivity contribution in [2.75, 3.05) is 13.1 Å². The lowest BCUT2D eigenvalue weighted by Gasteiger charge is -2.22. The summed E-state index contributed by atoms with van der Waals surface area (Å²) in [5.41, 5.74) is 0. The number of nitrogens with zero attached hydrogens (tertiary/aromatic N) is 1. The molecule has 62 valence electrons. The third-order valence-corrected chi connectivity index (χ3v) is 2.29. The van der Waals surface area contributed by atoms with E-state index in [2.05, 4.69) is 17.2 Å². The predicted molar refractivity (Wildman–Crippen MR) is 43.9 cm³/mol. The van der Waals surface area contributed by atoms with E-state index in [0.717, 1.165) is 31.8 Å². The molecular formula is C8H14N2O. The van der Waals surface area contributed by atoms with Gasteiger partial charge in [0.15, 0.2) is 5.90 Å². The fourth-order valence-corrected chi connectivity index (χ4v) is 1.65. The van der Waals surface area contributed by atoms with Crippen molar-refractivity contribution in [2.45, 2.75) is 31.9 Å². The first-order chi connectivity index (χ1) is 5.40. The van der Waals surface area contributed by atoms with Crippen LogP contribution in [-0.2, 0) is 4.74 Å². The summed E-state index contributed by atoms with van der Waals surface area (Å²) in [6, 6.07) is 0.402. The molecule has 11 heavy (non-hydrogen) atoms. The Morgan fingerprint density at radius 1 is 1.73 bits per heavy atom. The molecular weight excluding hydrogens is 140 g/mol. The molecule has 0 radical (unpaired) electrons. The van der Waals surface area contributed by atoms with Crippen LogP contribution in [0.25, 0.3) is 0 Å². The number of hydrogen-bond donors (Lipinski definition) is 1. The maximum Gasteiger partial charge on any atom is 0.183 e. The highest BCUT2D eigenvalue weighted by Gasteiger charge is 2.31. The number of aliphatic imine (C=N–C) groups is 1. The van der Waals surface area contributed by atoms with E-state index in [1.807, 2.05) is 0 Å². The molecule has 0 spiro atoms. The van der Waals surface area contributed by atoms with Gasteiger partial charge in [-0.25, -0.2) is 4.99 Å². The predicted octanol–water partition coefficient (Wildman–Crippen LogP) is 0.556. The van der Waals surface area contributed by atoms with Crippen molar-refractivity contribution in [3.63, 3.8) is 0 Å². The third-order valence-electron chi connectivity index (χ3n) is 2.29. The van der Waals surface area contributed by atoms with Crippen molar-refractivity contribution in [3.8, 4) is 0 Å². The van der Waals surface area contributed by atoms with Crippen LogP contribution in [0.3, 0.4) is 0 Å². The number of hydrogen-bond acceptors (Lipinski definition) is 3. The molecule has 2 unspecified atom stereocenters. The van der Waals surface area contributed by atoms with Gasteiger partial charge in [-0.1, -0.05) is 6.92 Å². The van der Waals surface area contributed by atoms with Crippen molar-refractivity contribution in [1.82, 2.24) is 5.32 Å². The number of fused-ring (bicyclic) bond motifs is 1. The van der Waals surface area contributed by atoms with Gasteiger partial charge in [-0.05, 0) is 13.0 Å². The second-order valence-corrected chi connectivity index (χ2v) is 3.09. The highest BCUT2D eigenvalue weighted by molar-refractivity contribution is 5.77. The molecule has 2 heterocycles. The number of piperidine rings is 1. The minimum atomic E-state index is 0.381. The molecule has 2 rings (SSSR count). The summed E-state index contributed by atoms with van der Waals surface area (Å²) in [4.78, 5) is 4.46. The van der Waals surface area contributed by atoms with Gasteiger partial charge in [-0.15, -0.1) is 0 Å². The van der Waals surface area contributed by atoms with Gasteiger partial charge in [0.05, 0.1) is 0 Å². The lowest BCUT2D eigenvalue weighted by Crippen LogP contribution is -2.41. The van der Waals surface area contributed by atoms with Crippen molar-refractivity contribution in [1.29, 1.82) is 0 Å². The van der Waals surface area contributed by atoms with E-state index in [-0.39, 0.29) is 0 Å². The van der Waals surface area contributed by atoms with Crippen molar-refractivity contribution in [3.05, 3.63) is 0 Å². The lowest BCUT2D eigenvalue weighted by atomic mass is 10.1. The van der Waals surface area contributed by atoms with E-state index in [9.17, 15) is 0 Å². The topological polar surface area (TPSA) is 33.6 Å². The molecule has 0 aromatic carbocycles. The van der Waals surface area contributed by atoms with E-state index in [4.69, 9.17) is 4.74 Å². The maximum atomic E-state index is 5.62. The summed E-state index contributed by atoms with van der Waals surface area (Å²) in [5.74, 6) is 0.948. The molecule has 2 aliphatic heterocycles. The van der Waals surface area contributed by atoms with Gasteiger partial charge in [0.2, 0.25) is 0 Å². The molecule has 0 aliphatic carbocycles. The fourth-order valence-electron chi connectivity index (χ4n) is 1.65. The Hall–Kier alpha value is -0.570. The summed E-state index contributed by atoms with van der Waals surface area (Å²) in [5, 5.41) is 3.31. The minimum Gasteiger partial charge on any atom is -0.475 e. The van der Waals surface area contributed by atoms with E-state index in [0.29, 0.717) is 12.1 Å². The molecule has 1 saturated heterocycles. The molecule has 2 atom stereocenters. The second kappa shape index (κ2) is 2.81. The normalized spacial score (nSPS) is 35.9. The minimum absolute atomic E-state index is 0.381. The van der Waals surface area contributed by atoms with Crippen LogP contribution in [-0.4, -0.2) is 31.1 Å². The van der Waals surface area contributed by atoms with Gasteiger partial charge in [-0.3, -0.25) is 0 Å². The second-order valence-electron chi connectivity index (χ2n) is 3.09. The van der Waals surface area contributed by atoms with E-state index >= 15 is 0 Å². The Morgan fingerprint density at radius 3 is 3.36 bits per heavy atom. The number of nitrogens with one attached hydrogen (secondary N) is 1. The standard InChI is InChI=1S/C8H14N2O/c1-2-8-10-6-5-9-4-3-7(6)11-8/h6-7,9H,2-5H2,1H3. The van der Waals surface area contributed by atoms with Crippen LogP contribution in [0.4, 0.5) is 0 Å². The van der Waals surface area contributed by atoms with Gasteiger partial charge in [-0.2, -0.15) is 0 Å². The Balaban J connectivity index is 2.02. The van der Waals surface area contributed by atoms with Crippen LogP contribution in [0.2, 0.25) is 0 Å². The molecule has 0 amide bonds. The van der Waals surface area contributed by atoms with Crippen LogP contribution >= 0.6 is 0 Å². The smallest absolute Gasteiger partial charge is 0.183 e. The summed E-state index contributed by atoms with van der Waals surface area (Å²) >= 11 is 0. The molecule has 2 aliphatic rings.